The Labute approximate surface area is 206 Å². The molecule has 1 aromatic heterocycles. The van der Waals surface area contributed by atoms with Crippen LogP contribution in [-0.2, 0) is 29.7 Å². The number of hydrogen-bond acceptors (Lipinski definition) is 4. The van der Waals surface area contributed by atoms with Gasteiger partial charge in [-0.3, -0.25) is 9.59 Å². The summed E-state index contributed by atoms with van der Waals surface area (Å²) in [6.07, 6.45) is 11.7. The summed E-state index contributed by atoms with van der Waals surface area (Å²) in [5.74, 6) is -1.50. The molecule has 7 heteroatoms. The third-order valence-corrected chi connectivity index (χ3v) is 7.75. The monoisotopic (exact) mass is 480 g/mol. The number of hydrogen-bond donors (Lipinski definition) is 3. The van der Waals surface area contributed by atoms with E-state index in [-0.39, 0.29) is 16.9 Å². The molecular formula is C28H36N2O5. The summed E-state index contributed by atoms with van der Waals surface area (Å²) in [5.41, 5.74) is 0.320. The van der Waals surface area contributed by atoms with E-state index in [2.05, 4.69) is 5.32 Å². The van der Waals surface area contributed by atoms with Crippen LogP contribution >= 0.6 is 0 Å². The molecule has 1 saturated carbocycles. The van der Waals surface area contributed by atoms with E-state index < -0.39 is 17.4 Å². The summed E-state index contributed by atoms with van der Waals surface area (Å²) in [4.78, 5) is 39.4. The number of pyridine rings is 1. The fourth-order valence-electron chi connectivity index (χ4n) is 5.56. The van der Waals surface area contributed by atoms with Crippen molar-refractivity contribution in [3.8, 4) is 5.75 Å². The minimum Gasteiger partial charge on any atom is -0.508 e. The van der Waals surface area contributed by atoms with Gasteiger partial charge < -0.3 is 20.1 Å². The summed E-state index contributed by atoms with van der Waals surface area (Å²) >= 11 is 0. The maximum atomic E-state index is 13.7. The molecule has 1 aromatic carbocycles. The van der Waals surface area contributed by atoms with Crippen LogP contribution in [0.3, 0.4) is 0 Å². The number of carboxylic acids is 1. The number of aliphatic carboxylic acids is 1. The lowest BCUT2D eigenvalue weighted by Crippen LogP contribution is -2.51. The van der Waals surface area contributed by atoms with Gasteiger partial charge in [0.1, 0.15) is 11.3 Å². The SMILES string of the molecule is CC(NC(=O)c1cc2c(n(CC3CCCCC3)c1=O)CCCCCC2)(C(=O)O)c1ccc(O)cc1. The number of carboxylic acid groups (broad SMARTS) is 1. The second-order valence-electron chi connectivity index (χ2n) is 10.3. The summed E-state index contributed by atoms with van der Waals surface area (Å²) in [5, 5.41) is 22.2. The molecule has 0 aliphatic heterocycles. The molecule has 1 atom stereocenters. The number of rotatable bonds is 6. The second-order valence-corrected chi connectivity index (χ2v) is 10.3. The zero-order valence-corrected chi connectivity index (χ0v) is 20.5. The molecule has 1 unspecified atom stereocenters. The van der Waals surface area contributed by atoms with Gasteiger partial charge in [0, 0.05) is 12.2 Å². The highest BCUT2D eigenvalue weighted by Gasteiger charge is 2.38. The van der Waals surface area contributed by atoms with E-state index in [1.54, 1.807) is 6.07 Å². The third kappa shape index (κ3) is 5.44. The van der Waals surface area contributed by atoms with Crippen molar-refractivity contribution >= 4 is 11.9 Å². The molecule has 1 amide bonds. The molecule has 4 rings (SSSR count). The normalized spacial score (nSPS) is 18.5. The average molecular weight is 481 g/mol. The van der Waals surface area contributed by atoms with Crippen LogP contribution in [0.2, 0.25) is 0 Å². The number of aryl methyl sites for hydroxylation is 1. The summed E-state index contributed by atoms with van der Waals surface area (Å²) in [7, 11) is 0. The Bertz CT molecular complexity index is 1130. The molecule has 0 bridgehead atoms. The molecule has 188 valence electrons. The average Bonchev–Trinajstić information content (AvgIpc) is 2.82. The van der Waals surface area contributed by atoms with Gasteiger partial charge in [-0.1, -0.05) is 44.2 Å². The molecule has 1 heterocycles. The van der Waals surface area contributed by atoms with Crippen molar-refractivity contribution in [3.63, 3.8) is 0 Å². The van der Waals surface area contributed by atoms with Crippen molar-refractivity contribution in [2.75, 3.05) is 0 Å². The number of carbonyl (C=O) groups is 2. The van der Waals surface area contributed by atoms with Crippen LogP contribution in [-0.4, -0.2) is 26.7 Å². The lowest BCUT2D eigenvalue weighted by Gasteiger charge is -2.28. The molecule has 0 radical (unpaired) electrons. The number of carbonyl (C=O) groups excluding carboxylic acids is 1. The van der Waals surface area contributed by atoms with Gasteiger partial charge in [-0.05, 0) is 80.7 Å². The summed E-state index contributed by atoms with van der Waals surface area (Å²) in [6, 6.07) is 7.39. The summed E-state index contributed by atoms with van der Waals surface area (Å²) in [6.45, 7) is 2.02. The van der Waals surface area contributed by atoms with Gasteiger partial charge in [0.25, 0.3) is 11.5 Å². The Hall–Kier alpha value is -3.09. The third-order valence-electron chi connectivity index (χ3n) is 7.75. The molecule has 3 N–H and O–H groups in total. The molecular weight excluding hydrogens is 444 g/mol. The maximum Gasteiger partial charge on any atom is 0.333 e. The predicted octanol–water partition coefficient (Wildman–Crippen LogP) is 4.52. The lowest BCUT2D eigenvalue weighted by atomic mass is 9.88. The van der Waals surface area contributed by atoms with E-state index >= 15 is 0 Å². The van der Waals surface area contributed by atoms with Gasteiger partial charge in [-0.2, -0.15) is 0 Å². The van der Waals surface area contributed by atoms with Gasteiger partial charge in [0.05, 0.1) is 0 Å². The molecule has 35 heavy (non-hydrogen) atoms. The fourth-order valence-corrected chi connectivity index (χ4v) is 5.56. The Kier molecular flexibility index (Phi) is 7.63. The van der Waals surface area contributed by atoms with Gasteiger partial charge in [0.15, 0.2) is 5.54 Å². The van der Waals surface area contributed by atoms with Crippen LogP contribution < -0.4 is 10.9 Å². The molecule has 1 fully saturated rings. The first-order chi connectivity index (χ1) is 16.8. The van der Waals surface area contributed by atoms with Crippen LogP contribution in [0.15, 0.2) is 35.1 Å². The quantitative estimate of drug-likeness (QED) is 0.563. The topological polar surface area (TPSA) is 109 Å². The van der Waals surface area contributed by atoms with Crippen LogP contribution in [0.1, 0.15) is 91.9 Å². The van der Waals surface area contributed by atoms with E-state index in [1.165, 1.54) is 50.5 Å². The molecule has 2 aliphatic rings. The lowest BCUT2D eigenvalue weighted by molar-refractivity contribution is -0.144. The smallest absolute Gasteiger partial charge is 0.333 e. The number of phenols is 1. The molecule has 7 nitrogen and oxygen atoms in total. The van der Waals surface area contributed by atoms with Crippen molar-refractivity contribution in [2.45, 2.75) is 89.6 Å². The fraction of sp³-hybridized carbons (Fsp3) is 0.536. The number of nitrogens with zero attached hydrogens (tertiary/aromatic N) is 1. The van der Waals surface area contributed by atoms with Crippen LogP contribution in [0.4, 0.5) is 0 Å². The van der Waals surface area contributed by atoms with Crippen molar-refractivity contribution in [1.82, 2.24) is 9.88 Å². The Morgan fingerprint density at radius 1 is 1.00 bits per heavy atom. The molecule has 2 aliphatic carbocycles. The predicted molar refractivity (Wildman–Crippen MR) is 134 cm³/mol. The first kappa shape index (κ1) is 25.0. The van der Waals surface area contributed by atoms with E-state index in [4.69, 9.17) is 0 Å². The first-order valence-electron chi connectivity index (χ1n) is 12.9. The van der Waals surface area contributed by atoms with Gasteiger partial charge >= 0.3 is 5.97 Å². The molecule has 2 aromatic rings. The largest absolute Gasteiger partial charge is 0.508 e. The van der Waals surface area contributed by atoms with E-state index in [0.29, 0.717) is 18.0 Å². The minimum atomic E-state index is -1.75. The number of fused-ring (bicyclic) bond motifs is 1. The number of phenolic OH excluding ortho intramolecular Hbond substituents is 1. The van der Waals surface area contributed by atoms with Crippen LogP contribution in [0.5, 0.6) is 5.75 Å². The highest BCUT2D eigenvalue weighted by molar-refractivity contribution is 5.98. The number of amides is 1. The zero-order chi connectivity index (χ0) is 25.0. The minimum absolute atomic E-state index is 0.0000787. The molecule has 0 saturated heterocycles. The zero-order valence-electron chi connectivity index (χ0n) is 20.5. The van der Waals surface area contributed by atoms with Crippen molar-refractivity contribution in [3.05, 3.63) is 63.1 Å². The number of aromatic nitrogens is 1. The van der Waals surface area contributed by atoms with Crippen molar-refractivity contribution < 1.29 is 19.8 Å². The van der Waals surface area contributed by atoms with Gasteiger partial charge in [0.2, 0.25) is 0 Å². The van der Waals surface area contributed by atoms with Crippen LogP contribution in [0.25, 0.3) is 0 Å². The van der Waals surface area contributed by atoms with Gasteiger partial charge in [-0.25, -0.2) is 4.79 Å². The highest BCUT2D eigenvalue weighted by Crippen LogP contribution is 2.28. The summed E-state index contributed by atoms with van der Waals surface area (Å²) < 4.78 is 1.84. The van der Waals surface area contributed by atoms with E-state index in [1.807, 2.05) is 4.57 Å². The maximum absolute atomic E-state index is 13.7. The second kappa shape index (κ2) is 10.7. The number of nitrogens with one attached hydrogen (secondary N) is 1. The standard InChI is InChI=1S/C28H36N2O5/c1-28(27(34)35,21-13-15-22(31)16-14-21)29-25(32)23-17-20-11-7-2-3-8-12-24(20)30(26(23)33)18-19-9-5-4-6-10-19/h13-17,19,31H,2-12,18H2,1H3,(H,29,32)(H,34,35). The Balaban J connectivity index is 1.73. The van der Waals surface area contributed by atoms with E-state index in [9.17, 15) is 24.6 Å². The van der Waals surface area contributed by atoms with Crippen molar-refractivity contribution in [2.24, 2.45) is 5.92 Å². The van der Waals surface area contributed by atoms with Crippen molar-refractivity contribution in [1.29, 1.82) is 0 Å². The van der Waals surface area contributed by atoms with E-state index in [0.717, 1.165) is 62.6 Å². The Morgan fingerprint density at radius 2 is 1.63 bits per heavy atom. The first-order valence-corrected chi connectivity index (χ1v) is 12.9. The van der Waals surface area contributed by atoms with Crippen LogP contribution in [0, 0.1) is 5.92 Å². The Morgan fingerprint density at radius 3 is 2.29 bits per heavy atom. The van der Waals surface area contributed by atoms with Gasteiger partial charge in [-0.15, -0.1) is 0 Å². The number of benzene rings is 1. The number of aromatic hydroxyl groups is 1. The highest BCUT2D eigenvalue weighted by atomic mass is 16.4. The molecule has 0 spiro atoms.